The monoisotopic (exact) mass is 245 g/mol. The van der Waals surface area contributed by atoms with Crippen LogP contribution in [0.5, 0.6) is 0 Å². The van der Waals surface area contributed by atoms with E-state index in [1.54, 1.807) is 18.7 Å². The van der Waals surface area contributed by atoms with E-state index < -0.39 is 0 Å². The number of hydrogen-bond acceptors (Lipinski definition) is 5. The summed E-state index contributed by atoms with van der Waals surface area (Å²) in [5.41, 5.74) is 0.765. The number of carbonyl (C=O) groups is 1. The smallest absolute Gasteiger partial charge is 0.350 e. The van der Waals surface area contributed by atoms with Gasteiger partial charge in [0, 0.05) is 5.25 Å². The highest BCUT2D eigenvalue weighted by Crippen LogP contribution is 2.30. The molecule has 0 atom stereocenters. The van der Waals surface area contributed by atoms with Crippen LogP contribution in [-0.2, 0) is 4.74 Å². The molecule has 0 radical (unpaired) electrons. The Morgan fingerprint density at radius 2 is 2.27 bits per heavy atom. The Hall–Kier alpha value is -0.550. The molecule has 0 fully saturated rings. The molecule has 0 unspecified atom stereocenters. The predicted octanol–water partition coefficient (Wildman–Crippen LogP) is 3.13. The number of ether oxygens (including phenoxy) is 1. The topological polar surface area (TPSA) is 39.2 Å². The third kappa shape index (κ3) is 3.50. The maximum atomic E-state index is 11.5. The van der Waals surface area contributed by atoms with Crippen molar-refractivity contribution in [3.63, 3.8) is 0 Å². The summed E-state index contributed by atoms with van der Waals surface area (Å²) in [6.45, 7) is 8.25. The summed E-state index contributed by atoms with van der Waals surface area (Å²) in [5.74, 6) is -0.261. The van der Waals surface area contributed by atoms with E-state index in [0.29, 0.717) is 16.7 Å². The van der Waals surface area contributed by atoms with E-state index in [4.69, 9.17) is 4.74 Å². The number of hydrogen-bond donors (Lipinski definition) is 0. The molecule has 1 aromatic rings. The van der Waals surface area contributed by atoms with Gasteiger partial charge in [-0.1, -0.05) is 25.6 Å². The lowest BCUT2D eigenvalue weighted by Gasteiger charge is -1.98. The fourth-order valence-electron chi connectivity index (χ4n) is 1.01. The van der Waals surface area contributed by atoms with Gasteiger partial charge in [0.05, 0.1) is 12.3 Å². The van der Waals surface area contributed by atoms with Crippen LogP contribution in [0.15, 0.2) is 4.34 Å². The van der Waals surface area contributed by atoms with Crippen LogP contribution < -0.4 is 0 Å². The van der Waals surface area contributed by atoms with Gasteiger partial charge in [0.25, 0.3) is 0 Å². The number of thioether (sulfide) groups is 1. The molecule has 0 saturated carbocycles. The first-order valence-electron chi connectivity index (χ1n) is 4.85. The second-order valence-corrected chi connectivity index (χ2v) is 6.10. The predicted molar refractivity (Wildman–Crippen MR) is 63.8 cm³/mol. The molecule has 1 rings (SSSR count). The lowest BCUT2D eigenvalue weighted by atomic mass is 10.4. The van der Waals surface area contributed by atoms with Crippen LogP contribution in [0.25, 0.3) is 0 Å². The largest absolute Gasteiger partial charge is 0.462 e. The van der Waals surface area contributed by atoms with Gasteiger partial charge in [-0.25, -0.2) is 9.78 Å². The van der Waals surface area contributed by atoms with Crippen molar-refractivity contribution in [1.29, 1.82) is 0 Å². The Kier molecular flexibility index (Phi) is 4.60. The molecular formula is C10H15NO2S2. The van der Waals surface area contributed by atoms with E-state index in [0.717, 1.165) is 10.0 Å². The number of aromatic nitrogens is 1. The fourth-order valence-corrected chi connectivity index (χ4v) is 3.32. The highest BCUT2D eigenvalue weighted by Gasteiger charge is 2.16. The molecule has 0 aliphatic rings. The number of carbonyl (C=O) groups excluding carboxylic acids is 1. The summed E-state index contributed by atoms with van der Waals surface area (Å²) in [6, 6.07) is 0. The number of thiazole rings is 1. The molecule has 0 bridgehead atoms. The Balaban J connectivity index is 2.81. The van der Waals surface area contributed by atoms with E-state index >= 15 is 0 Å². The van der Waals surface area contributed by atoms with E-state index in [-0.39, 0.29) is 5.97 Å². The molecule has 1 heterocycles. The van der Waals surface area contributed by atoms with Crippen molar-refractivity contribution >= 4 is 29.1 Å². The Labute approximate surface area is 98.2 Å². The maximum absolute atomic E-state index is 11.5. The Bertz CT molecular complexity index is 347. The molecule has 0 saturated heterocycles. The normalized spacial score (nSPS) is 10.7. The van der Waals surface area contributed by atoms with Gasteiger partial charge in [-0.05, 0) is 13.8 Å². The summed E-state index contributed by atoms with van der Waals surface area (Å²) < 4.78 is 5.88. The van der Waals surface area contributed by atoms with Crippen molar-refractivity contribution in [1.82, 2.24) is 4.98 Å². The van der Waals surface area contributed by atoms with Crippen molar-refractivity contribution in [3.05, 3.63) is 10.6 Å². The highest BCUT2D eigenvalue weighted by molar-refractivity contribution is 8.01. The van der Waals surface area contributed by atoms with Gasteiger partial charge in [0.15, 0.2) is 4.34 Å². The van der Waals surface area contributed by atoms with Gasteiger partial charge in [0.2, 0.25) is 0 Å². The molecule has 0 aromatic carbocycles. The molecule has 0 spiro atoms. The minimum Gasteiger partial charge on any atom is -0.462 e. The SMILES string of the molecule is CCOC(=O)c1sc(SC(C)C)nc1C. The van der Waals surface area contributed by atoms with Crippen LogP contribution in [0, 0.1) is 6.92 Å². The van der Waals surface area contributed by atoms with Crippen molar-refractivity contribution in [2.45, 2.75) is 37.3 Å². The van der Waals surface area contributed by atoms with Gasteiger partial charge >= 0.3 is 5.97 Å². The van der Waals surface area contributed by atoms with E-state index in [1.807, 2.05) is 6.92 Å². The van der Waals surface area contributed by atoms with Gasteiger partial charge in [-0.3, -0.25) is 0 Å². The molecule has 3 nitrogen and oxygen atoms in total. The molecular weight excluding hydrogens is 230 g/mol. The third-order valence-corrected chi connectivity index (χ3v) is 3.81. The first kappa shape index (κ1) is 12.5. The molecule has 0 amide bonds. The number of esters is 1. The lowest BCUT2D eigenvalue weighted by Crippen LogP contribution is -2.03. The molecule has 0 aliphatic heterocycles. The van der Waals surface area contributed by atoms with Crippen LogP contribution in [0.1, 0.15) is 36.1 Å². The number of rotatable bonds is 4. The zero-order valence-corrected chi connectivity index (χ0v) is 11.0. The van der Waals surface area contributed by atoms with Crippen LogP contribution in [0.2, 0.25) is 0 Å². The molecule has 0 N–H and O–H groups in total. The second-order valence-electron chi connectivity index (χ2n) is 3.28. The molecule has 84 valence electrons. The first-order valence-corrected chi connectivity index (χ1v) is 6.55. The van der Waals surface area contributed by atoms with Crippen LogP contribution >= 0.6 is 23.1 Å². The summed E-state index contributed by atoms with van der Waals surface area (Å²) in [7, 11) is 0. The maximum Gasteiger partial charge on any atom is 0.350 e. The third-order valence-electron chi connectivity index (χ3n) is 1.57. The Morgan fingerprint density at radius 1 is 1.60 bits per heavy atom. The summed E-state index contributed by atoms with van der Waals surface area (Å²) in [4.78, 5) is 16.5. The zero-order valence-electron chi connectivity index (χ0n) is 9.36. The first-order chi connectivity index (χ1) is 7.04. The van der Waals surface area contributed by atoms with Gasteiger partial charge in [-0.2, -0.15) is 0 Å². The molecule has 15 heavy (non-hydrogen) atoms. The Morgan fingerprint density at radius 3 is 2.80 bits per heavy atom. The van der Waals surface area contributed by atoms with Crippen molar-refractivity contribution in [3.8, 4) is 0 Å². The fraction of sp³-hybridized carbons (Fsp3) is 0.600. The van der Waals surface area contributed by atoms with Crippen molar-refractivity contribution < 1.29 is 9.53 Å². The van der Waals surface area contributed by atoms with Gasteiger partial charge < -0.3 is 4.74 Å². The molecule has 1 aromatic heterocycles. The summed E-state index contributed by atoms with van der Waals surface area (Å²) in [6.07, 6.45) is 0. The second kappa shape index (κ2) is 5.51. The van der Waals surface area contributed by atoms with Gasteiger partial charge in [-0.15, -0.1) is 11.3 Å². The summed E-state index contributed by atoms with van der Waals surface area (Å²) in [5, 5.41) is 0.477. The standard InChI is InChI=1S/C10H15NO2S2/c1-5-13-9(12)8-7(4)11-10(15-8)14-6(2)3/h6H,5H2,1-4H3. The van der Waals surface area contributed by atoms with Crippen LogP contribution in [0.4, 0.5) is 0 Å². The van der Waals surface area contributed by atoms with Crippen molar-refractivity contribution in [2.24, 2.45) is 0 Å². The lowest BCUT2D eigenvalue weighted by molar-refractivity contribution is 0.0531. The average Bonchev–Trinajstić information content (AvgIpc) is 2.46. The highest BCUT2D eigenvalue weighted by atomic mass is 32.2. The molecule has 5 heteroatoms. The average molecular weight is 245 g/mol. The zero-order chi connectivity index (χ0) is 11.4. The van der Waals surface area contributed by atoms with E-state index in [9.17, 15) is 4.79 Å². The number of aryl methyl sites for hydroxylation is 1. The van der Waals surface area contributed by atoms with E-state index in [2.05, 4.69) is 18.8 Å². The quantitative estimate of drug-likeness (QED) is 0.603. The van der Waals surface area contributed by atoms with Crippen molar-refractivity contribution in [2.75, 3.05) is 6.61 Å². The summed E-state index contributed by atoms with van der Waals surface area (Å²) >= 11 is 3.08. The minimum atomic E-state index is -0.261. The van der Waals surface area contributed by atoms with E-state index in [1.165, 1.54) is 11.3 Å². The number of nitrogens with zero attached hydrogens (tertiary/aromatic N) is 1. The van der Waals surface area contributed by atoms with Gasteiger partial charge in [0.1, 0.15) is 4.88 Å². The van der Waals surface area contributed by atoms with Crippen LogP contribution in [-0.4, -0.2) is 22.8 Å². The molecule has 0 aliphatic carbocycles. The van der Waals surface area contributed by atoms with Crippen LogP contribution in [0.3, 0.4) is 0 Å². The minimum absolute atomic E-state index is 0.261.